The lowest BCUT2D eigenvalue weighted by Gasteiger charge is -2.26. The van der Waals surface area contributed by atoms with Crippen LogP contribution in [0.25, 0.3) is 0 Å². The molecule has 1 aliphatic carbocycles. The van der Waals surface area contributed by atoms with E-state index in [4.69, 9.17) is 0 Å². The molecule has 2 rings (SSSR count). The van der Waals surface area contributed by atoms with Crippen molar-refractivity contribution in [1.29, 1.82) is 0 Å². The molecule has 4 nitrogen and oxygen atoms in total. The van der Waals surface area contributed by atoms with E-state index >= 15 is 0 Å². The number of carbonyl (C=O) groups is 1. The van der Waals surface area contributed by atoms with E-state index in [0.29, 0.717) is 24.0 Å². The third-order valence-electron chi connectivity index (χ3n) is 4.40. The lowest BCUT2D eigenvalue weighted by atomic mass is 9.98. The molecule has 0 bridgehead atoms. The molecular weight excluding hydrogens is 260 g/mol. The van der Waals surface area contributed by atoms with Crippen LogP contribution in [-0.2, 0) is 15.6 Å². The lowest BCUT2D eigenvalue weighted by molar-refractivity contribution is -0.133. The first-order chi connectivity index (χ1) is 9.00. The van der Waals surface area contributed by atoms with Crippen LogP contribution in [0.2, 0.25) is 0 Å². The first-order valence-corrected chi connectivity index (χ1v) is 8.93. The van der Waals surface area contributed by atoms with Gasteiger partial charge in [-0.1, -0.05) is 33.6 Å². The fourth-order valence-electron chi connectivity index (χ4n) is 3.27. The zero-order valence-corrected chi connectivity index (χ0v) is 13.1. The molecule has 1 heterocycles. The van der Waals surface area contributed by atoms with Gasteiger partial charge in [-0.3, -0.25) is 14.3 Å². The largest absolute Gasteiger partial charge is 0.324 e. The van der Waals surface area contributed by atoms with Gasteiger partial charge < -0.3 is 4.90 Å². The smallest absolute Gasteiger partial charge is 0.244 e. The van der Waals surface area contributed by atoms with Crippen LogP contribution in [0.15, 0.2) is 0 Å². The van der Waals surface area contributed by atoms with Gasteiger partial charge in [-0.2, -0.15) is 0 Å². The van der Waals surface area contributed by atoms with Crippen LogP contribution < -0.4 is 5.32 Å². The zero-order chi connectivity index (χ0) is 14.0. The van der Waals surface area contributed by atoms with Crippen LogP contribution in [0.3, 0.4) is 0 Å². The Morgan fingerprint density at radius 2 is 2.05 bits per heavy atom. The summed E-state index contributed by atoms with van der Waals surface area (Å²) in [5, 5.41) is 3.58. The molecule has 1 amide bonds. The van der Waals surface area contributed by atoms with Crippen molar-refractivity contribution < 1.29 is 9.00 Å². The van der Waals surface area contributed by atoms with Gasteiger partial charge in [0.05, 0.1) is 11.7 Å². The summed E-state index contributed by atoms with van der Waals surface area (Å²) in [6, 6.07) is 0. The third-order valence-corrected chi connectivity index (χ3v) is 5.68. The lowest BCUT2D eigenvalue weighted by Crippen LogP contribution is -2.45. The molecule has 0 radical (unpaired) electrons. The number of nitrogens with one attached hydrogen (secondary N) is 1. The summed E-state index contributed by atoms with van der Waals surface area (Å²) in [6.07, 6.45) is 4.31. The standard InChI is InChI=1S/C14H26N2O2S/c1-4-19(18)10-9-16-12(11(2)3)15-14(13(16)17)7-5-6-8-14/h11-12,15H,4-10H2,1-3H3. The quantitative estimate of drug-likeness (QED) is 0.833. The van der Waals surface area contributed by atoms with Crippen LogP contribution >= 0.6 is 0 Å². The minimum absolute atomic E-state index is 0.111. The van der Waals surface area contributed by atoms with Crippen LogP contribution in [0.1, 0.15) is 46.5 Å². The predicted molar refractivity (Wildman–Crippen MR) is 78.2 cm³/mol. The minimum atomic E-state index is -0.801. The van der Waals surface area contributed by atoms with E-state index in [1.807, 2.05) is 11.8 Å². The van der Waals surface area contributed by atoms with Gasteiger partial charge in [0.1, 0.15) is 0 Å². The monoisotopic (exact) mass is 286 g/mol. The molecule has 2 atom stereocenters. The third kappa shape index (κ3) is 2.87. The first-order valence-electron chi connectivity index (χ1n) is 7.44. The average Bonchev–Trinajstić information content (AvgIpc) is 2.95. The van der Waals surface area contributed by atoms with Crippen molar-refractivity contribution in [2.45, 2.75) is 58.2 Å². The molecule has 2 aliphatic rings. The summed E-state index contributed by atoms with van der Waals surface area (Å²) in [5.41, 5.74) is -0.303. The molecule has 1 N–H and O–H groups in total. The zero-order valence-electron chi connectivity index (χ0n) is 12.3. The number of amides is 1. The SMILES string of the molecule is CCS(=O)CCN1C(=O)C2(CCCC2)NC1C(C)C. The van der Waals surface area contributed by atoms with E-state index in [1.54, 1.807) is 0 Å². The number of hydrogen-bond acceptors (Lipinski definition) is 3. The molecule has 5 heteroatoms. The molecule has 2 unspecified atom stereocenters. The number of carbonyl (C=O) groups excluding carboxylic acids is 1. The maximum atomic E-state index is 12.7. The second-order valence-corrected chi connectivity index (χ2v) is 7.92. The Morgan fingerprint density at radius 1 is 1.42 bits per heavy atom. The molecule has 19 heavy (non-hydrogen) atoms. The van der Waals surface area contributed by atoms with Crippen LogP contribution in [0.4, 0.5) is 0 Å². The van der Waals surface area contributed by atoms with Crippen molar-refractivity contribution in [3.63, 3.8) is 0 Å². The maximum Gasteiger partial charge on any atom is 0.244 e. The van der Waals surface area contributed by atoms with Crippen LogP contribution in [0.5, 0.6) is 0 Å². The number of rotatable bonds is 5. The highest BCUT2D eigenvalue weighted by Gasteiger charge is 2.52. The Balaban J connectivity index is 2.09. The van der Waals surface area contributed by atoms with E-state index in [9.17, 15) is 9.00 Å². The Morgan fingerprint density at radius 3 is 2.58 bits per heavy atom. The van der Waals surface area contributed by atoms with Gasteiger partial charge in [0.25, 0.3) is 0 Å². The van der Waals surface area contributed by atoms with E-state index in [1.165, 1.54) is 0 Å². The summed E-state index contributed by atoms with van der Waals surface area (Å²) in [4.78, 5) is 14.7. The molecule has 1 spiro atoms. The fraction of sp³-hybridized carbons (Fsp3) is 0.929. The molecule has 1 aliphatic heterocycles. The maximum absolute atomic E-state index is 12.7. The fourth-order valence-corrected chi connectivity index (χ4v) is 3.96. The normalized spacial score (nSPS) is 27.7. The van der Waals surface area contributed by atoms with Gasteiger partial charge in [-0.25, -0.2) is 0 Å². The van der Waals surface area contributed by atoms with Crippen molar-refractivity contribution in [3.8, 4) is 0 Å². The van der Waals surface area contributed by atoms with Gasteiger partial charge in [-0.05, 0) is 18.8 Å². The summed E-state index contributed by atoms with van der Waals surface area (Å²) in [7, 11) is -0.801. The second kappa shape index (κ2) is 5.92. The highest BCUT2D eigenvalue weighted by atomic mass is 32.2. The summed E-state index contributed by atoms with van der Waals surface area (Å²) >= 11 is 0. The molecule has 0 aromatic carbocycles. The van der Waals surface area contributed by atoms with Gasteiger partial charge in [0, 0.05) is 28.9 Å². The summed E-state index contributed by atoms with van der Waals surface area (Å²) in [5.74, 6) is 1.91. The van der Waals surface area contributed by atoms with Crippen molar-refractivity contribution in [3.05, 3.63) is 0 Å². The highest BCUT2D eigenvalue weighted by molar-refractivity contribution is 7.84. The minimum Gasteiger partial charge on any atom is -0.324 e. The molecule has 110 valence electrons. The van der Waals surface area contributed by atoms with Crippen LogP contribution in [-0.4, -0.2) is 44.8 Å². The van der Waals surface area contributed by atoms with Crippen molar-refractivity contribution in [1.82, 2.24) is 10.2 Å². The number of nitrogens with zero attached hydrogens (tertiary/aromatic N) is 1. The Bertz CT molecular complexity index is 364. The van der Waals surface area contributed by atoms with Crippen molar-refractivity contribution in [2.75, 3.05) is 18.1 Å². The van der Waals surface area contributed by atoms with E-state index < -0.39 is 10.8 Å². The van der Waals surface area contributed by atoms with E-state index in [0.717, 1.165) is 25.7 Å². The molecule has 0 aromatic heterocycles. The average molecular weight is 286 g/mol. The van der Waals surface area contributed by atoms with Crippen LogP contribution in [0, 0.1) is 5.92 Å². The molecule has 0 aromatic rings. The molecule has 2 fully saturated rings. The highest BCUT2D eigenvalue weighted by Crippen LogP contribution is 2.37. The molecular formula is C14H26N2O2S. The Kier molecular flexibility index (Phi) is 4.66. The van der Waals surface area contributed by atoms with Crippen molar-refractivity contribution >= 4 is 16.7 Å². The van der Waals surface area contributed by atoms with Gasteiger partial charge in [0.2, 0.25) is 5.91 Å². The van der Waals surface area contributed by atoms with Gasteiger partial charge in [0.15, 0.2) is 0 Å². The van der Waals surface area contributed by atoms with Gasteiger partial charge in [-0.15, -0.1) is 0 Å². The molecule has 1 saturated heterocycles. The first kappa shape index (κ1) is 15.0. The second-order valence-electron chi connectivity index (χ2n) is 6.05. The summed E-state index contributed by atoms with van der Waals surface area (Å²) in [6.45, 7) is 6.83. The summed E-state index contributed by atoms with van der Waals surface area (Å²) < 4.78 is 11.6. The van der Waals surface area contributed by atoms with E-state index in [2.05, 4.69) is 19.2 Å². The molecule has 1 saturated carbocycles. The Labute approximate surface area is 118 Å². The Hall–Kier alpha value is -0.420. The van der Waals surface area contributed by atoms with Gasteiger partial charge >= 0.3 is 0 Å². The van der Waals surface area contributed by atoms with E-state index in [-0.39, 0.29) is 17.6 Å². The predicted octanol–water partition coefficient (Wildman–Crippen LogP) is 1.48. The number of hydrogen-bond donors (Lipinski definition) is 1. The topological polar surface area (TPSA) is 49.4 Å². The van der Waals surface area contributed by atoms with Crippen molar-refractivity contribution in [2.24, 2.45) is 5.92 Å².